The van der Waals surface area contributed by atoms with Crippen LogP contribution in [0, 0.1) is 6.92 Å². The van der Waals surface area contributed by atoms with Crippen LogP contribution in [-0.2, 0) is 4.79 Å². The Morgan fingerprint density at radius 1 is 1.31 bits per heavy atom. The lowest BCUT2D eigenvalue weighted by Gasteiger charge is -2.23. The average Bonchev–Trinajstić information content (AvgIpc) is 2.90. The number of nitrogens with zero attached hydrogens (tertiary/aromatic N) is 2. The summed E-state index contributed by atoms with van der Waals surface area (Å²) >= 11 is 0. The molecule has 3 rings (SSSR count). The third-order valence-corrected chi connectivity index (χ3v) is 4.40. The summed E-state index contributed by atoms with van der Waals surface area (Å²) in [4.78, 5) is 32.0. The summed E-state index contributed by atoms with van der Waals surface area (Å²) in [5, 5.41) is 15.1. The molecule has 3 amide bonds. The van der Waals surface area contributed by atoms with E-state index >= 15 is 0 Å². The predicted octanol–water partition coefficient (Wildman–Crippen LogP) is 1.92. The second kappa shape index (κ2) is 6.47. The van der Waals surface area contributed by atoms with E-state index in [1.165, 1.54) is 6.08 Å². The van der Waals surface area contributed by atoms with Crippen LogP contribution in [0.1, 0.15) is 24.7 Å². The number of imide groups is 1. The lowest BCUT2D eigenvalue weighted by molar-refractivity contribution is -0.123. The van der Waals surface area contributed by atoms with E-state index in [0.29, 0.717) is 11.5 Å². The average molecular weight is 353 g/mol. The Morgan fingerprint density at radius 3 is 2.62 bits per heavy atom. The number of anilines is 1. The van der Waals surface area contributed by atoms with Gasteiger partial charge >= 0.3 is 6.03 Å². The van der Waals surface area contributed by atoms with Gasteiger partial charge in [0.1, 0.15) is 11.6 Å². The van der Waals surface area contributed by atoms with Crippen molar-refractivity contribution in [1.82, 2.24) is 20.6 Å². The highest BCUT2D eigenvalue weighted by Crippen LogP contribution is 2.26. The molecule has 1 saturated heterocycles. The Hall–Kier alpha value is -3.42. The summed E-state index contributed by atoms with van der Waals surface area (Å²) in [7, 11) is 0. The van der Waals surface area contributed by atoms with Crippen molar-refractivity contribution in [3.05, 3.63) is 47.6 Å². The quantitative estimate of drug-likeness (QED) is 0.491. The van der Waals surface area contributed by atoms with Gasteiger partial charge in [-0.05, 0) is 31.5 Å². The minimum absolute atomic E-state index is 0.209. The van der Waals surface area contributed by atoms with Crippen molar-refractivity contribution in [2.75, 3.05) is 5.73 Å². The molecule has 1 aliphatic rings. The fourth-order valence-corrected chi connectivity index (χ4v) is 2.90. The Morgan fingerprint density at radius 2 is 2.08 bits per heavy atom. The largest absolute Gasteiger partial charge is 0.509 e. The van der Waals surface area contributed by atoms with E-state index in [9.17, 15) is 14.7 Å². The first-order valence-electron chi connectivity index (χ1n) is 8.10. The van der Waals surface area contributed by atoms with E-state index in [0.717, 1.165) is 16.8 Å². The maximum absolute atomic E-state index is 12.1. The number of carbonyl (C=O) groups excluding carboxylic acids is 2. The second-order valence-electron chi connectivity index (χ2n) is 6.04. The van der Waals surface area contributed by atoms with Crippen molar-refractivity contribution < 1.29 is 14.7 Å². The molecule has 26 heavy (non-hydrogen) atoms. The van der Waals surface area contributed by atoms with Gasteiger partial charge in [-0.3, -0.25) is 15.1 Å². The highest BCUT2D eigenvalue weighted by Gasteiger charge is 2.48. The van der Waals surface area contributed by atoms with Crippen molar-refractivity contribution in [3.63, 3.8) is 0 Å². The number of hydrogen-bond acceptors (Lipinski definition) is 6. The van der Waals surface area contributed by atoms with Crippen LogP contribution in [0.3, 0.4) is 0 Å². The van der Waals surface area contributed by atoms with Gasteiger partial charge in [0.2, 0.25) is 0 Å². The fourth-order valence-electron chi connectivity index (χ4n) is 2.90. The predicted molar refractivity (Wildman–Crippen MR) is 96.9 cm³/mol. The maximum atomic E-state index is 12.1. The SMILES string of the molecule is CC[C@@]1(/C(O)=C/c2ccc(-c3ccc(N)nc3)c(C)n2)NC(=O)NC1=O. The molecule has 1 atom stereocenters. The van der Waals surface area contributed by atoms with Gasteiger partial charge in [0.05, 0.1) is 5.69 Å². The van der Waals surface area contributed by atoms with Crippen molar-refractivity contribution in [3.8, 4) is 11.1 Å². The van der Waals surface area contributed by atoms with E-state index in [1.807, 2.05) is 19.1 Å². The normalized spacial score (nSPS) is 20.0. The van der Waals surface area contributed by atoms with Crippen LogP contribution < -0.4 is 16.4 Å². The third kappa shape index (κ3) is 2.97. The van der Waals surface area contributed by atoms with E-state index in [1.54, 1.807) is 25.3 Å². The Kier molecular flexibility index (Phi) is 4.33. The minimum Gasteiger partial charge on any atom is -0.509 e. The van der Waals surface area contributed by atoms with Crippen LogP contribution in [0.4, 0.5) is 10.6 Å². The summed E-state index contributed by atoms with van der Waals surface area (Å²) in [5.41, 5.74) is 7.08. The number of hydrogen-bond donors (Lipinski definition) is 4. The van der Waals surface area contributed by atoms with Crippen molar-refractivity contribution >= 4 is 23.8 Å². The van der Waals surface area contributed by atoms with Crippen LogP contribution in [0.15, 0.2) is 36.2 Å². The zero-order chi connectivity index (χ0) is 18.9. The van der Waals surface area contributed by atoms with Gasteiger partial charge in [0.15, 0.2) is 5.54 Å². The van der Waals surface area contributed by atoms with Gasteiger partial charge in [-0.15, -0.1) is 0 Å². The summed E-state index contributed by atoms with van der Waals surface area (Å²) in [6.45, 7) is 3.53. The van der Waals surface area contributed by atoms with Crippen LogP contribution in [0.25, 0.3) is 17.2 Å². The number of aliphatic hydroxyl groups excluding tert-OH is 1. The summed E-state index contributed by atoms with van der Waals surface area (Å²) in [6.07, 6.45) is 3.25. The first kappa shape index (κ1) is 17.4. The van der Waals surface area contributed by atoms with Gasteiger partial charge in [0, 0.05) is 29.1 Å². The second-order valence-corrected chi connectivity index (χ2v) is 6.04. The van der Waals surface area contributed by atoms with Crippen molar-refractivity contribution in [2.45, 2.75) is 25.8 Å². The van der Waals surface area contributed by atoms with Gasteiger partial charge < -0.3 is 16.2 Å². The Labute approximate surface area is 150 Å². The van der Waals surface area contributed by atoms with Crippen molar-refractivity contribution in [2.24, 2.45) is 0 Å². The summed E-state index contributed by atoms with van der Waals surface area (Å²) in [5.74, 6) is -0.414. The van der Waals surface area contributed by atoms with Gasteiger partial charge in [-0.25, -0.2) is 9.78 Å². The standard InChI is InChI=1S/C18H19N5O3/c1-3-18(16(25)22-17(26)23-18)14(24)8-12-5-6-13(10(2)21-12)11-4-7-15(19)20-9-11/h4-9,24H,3H2,1-2H3,(H2,19,20)(H2,22,23,25,26)/b14-8-/t18-/m0/s1. The smallest absolute Gasteiger partial charge is 0.322 e. The molecule has 0 saturated carbocycles. The third-order valence-electron chi connectivity index (χ3n) is 4.40. The Balaban J connectivity index is 1.94. The van der Waals surface area contributed by atoms with E-state index in [2.05, 4.69) is 20.6 Å². The highest BCUT2D eigenvalue weighted by atomic mass is 16.3. The molecule has 0 unspecified atom stereocenters. The topological polar surface area (TPSA) is 130 Å². The monoisotopic (exact) mass is 353 g/mol. The maximum Gasteiger partial charge on any atom is 0.322 e. The number of carbonyl (C=O) groups is 2. The number of nitrogen functional groups attached to an aromatic ring is 1. The first-order valence-corrected chi connectivity index (χ1v) is 8.10. The molecule has 0 radical (unpaired) electrons. The summed E-state index contributed by atoms with van der Waals surface area (Å²) < 4.78 is 0. The molecule has 3 heterocycles. The number of rotatable bonds is 4. The molecule has 1 fully saturated rings. The molecule has 8 heteroatoms. The number of aliphatic hydroxyl groups is 1. The zero-order valence-corrected chi connectivity index (χ0v) is 14.4. The van der Waals surface area contributed by atoms with Crippen LogP contribution in [-0.4, -0.2) is 32.6 Å². The molecule has 0 aliphatic carbocycles. The molecule has 0 spiro atoms. The Bertz CT molecular complexity index is 908. The number of aryl methyl sites for hydroxylation is 1. The number of urea groups is 1. The number of pyridine rings is 2. The van der Waals surface area contributed by atoms with Gasteiger partial charge in [0.25, 0.3) is 5.91 Å². The van der Waals surface area contributed by atoms with Crippen molar-refractivity contribution in [1.29, 1.82) is 0 Å². The zero-order valence-electron chi connectivity index (χ0n) is 14.4. The molecular weight excluding hydrogens is 334 g/mol. The van der Waals surface area contributed by atoms with E-state index in [4.69, 9.17) is 5.73 Å². The minimum atomic E-state index is -1.47. The fraction of sp³-hybridized carbons (Fsp3) is 0.222. The van der Waals surface area contributed by atoms with Crippen LogP contribution in [0.2, 0.25) is 0 Å². The van der Waals surface area contributed by atoms with E-state index in [-0.39, 0.29) is 12.2 Å². The molecule has 0 bridgehead atoms. The highest BCUT2D eigenvalue weighted by molar-refractivity contribution is 6.09. The van der Waals surface area contributed by atoms with Gasteiger partial charge in [-0.1, -0.05) is 13.0 Å². The molecule has 2 aromatic heterocycles. The number of aromatic nitrogens is 2. The van der Waals surface area contributed by atoms with Gasteiger partial charge in [-0.2, -0.15) is 0 Å². The molecular formula is C18H19N5O3. The number of nitrogens with two attached hydrogens (primary N) is 1. The van der Waals surface area contributed by atoms with Crippen LogP contribution >= 0.6 is 0 Å². The lowest BCUT2D eigenvalue weighted by atomic mass is 9.93. The summed E-state index contributed by atoms with van der Waals surface area (Å²) in [6, 6.07) is 6.49. The molecule has 8 nitrogen and oxygen atoms in total. The molecule has 5 N–H and O–H groups in total. The lowest BCUT2D eigenvalue weighted by Crippen LogP contribution is -2.48. The first-order chi connectivity index (χ1) is 12.4. The van der Waals surface area contributed by atoms with E-state index < -0.39 is 17.5 Å². The number of amides is 3. The molecule has 1 aliphatic heterocycles. The number of nitrogens with one attached hydrogen (secondary N) is 2. The molecule has 2 aromatic rings. The van der Waals surface area contributed by atoms with Crippen LogP contribution in [0.5, 0.6) is 0 Å². The molecule has 134 valence electrons. The molecule has 0 aromatic carbocycles.